The quantitative estimate of drug-likeness (QED) is 0.449. The number of aliphatic hydroxyl groups excluding tert-OH is 2. The van der Waals surface area contributed by atoms with Gasteiger partial charge in [-0.1, -0.05) is 24.3 Å². The number of carbonyl (C=O) groups excluding carboxylic acids is 1. The maximum absolute atomic E-state index is 12.8. The second-order valence-electron chi connectivity index (χ2n) is 8.26. The summed E-state index contributed by atoms with van der Waals surface area (Å²) in [6.07, 6.45) is 4.12. The lowest BCUT2D eigenvalue weighted by molar-refractivity contribution is -0.136. The Labute approximate surface area is 201 Å². The summed E-state index contributed by atoms with van der Waals surface area (Å²) in [6.45, 7) is -2.33. The molecule has 184 valence electrons. The topological polar surface area (TPSA) is 108 Å². The Hall–Kier alpha value is -3.63. The van der Waals surface area contributed by atoms with E-state index in [9.17, 15) is 23.8 Å². The molecular formula is C25H26F2N4O4. The Bertz CT molecular complexity index is 1110. The molecule has 2 aromatic carbocycles. The summed E-state index contributed by atoms with van der Waals surface area (Å²) >= 11 is 0. The minimum absolute atomic E-state index is 0.0741. The van der Waals surface area contributed by atoms with E-state index in [0.717, 1.165) is 12.0 Å². The van der Waals surface area contributed by atoms with Crippen molar-refractivity contribution in [2.75, 3.05) is 25.0 Å². The number of ether oxygens (including phenoxy) is 1. The predicted molar refractivity (Wildman–Crippen MR) is 125 cm³/mol. The van der Waals surface area contributed by atoms with Crippen molar-refractivity contribution in [1.29, 1.82) is 0 Å². The second-order valence-corrected chi connectivity index (χ2v) is 8.26. The van der Waals surface area contributed by atoms with E-state index in [2.05, 4.69) is 20.0 Å². The van der Waals surface area contributed by atoms with Crippen LogP contribution in [0.25, 0.3) is 11.1 Å². The van der Waals surface area contributed by atoms with E-state index in [-0.39, 0.29) is 24.8 Å². The zero-order chi connectivity index (χ0) is 24.8. The summed E-state index contributed by atoms with van der Waals surface area (Å²) in [5.41, 5.74) is 2.84. The van der Waals surface area contributed by atoms with Crippen LogP contribution in [0.2, 0.25) is 0 Å². The van der Waals surface area contributed by atoms with Crippen LogP contribution in [0.1, 0.15) is 24.3 Å². The molecule has 0 saturated carbocycles. The van der Waals surface area contributed by atoms with Crippen molar-refractivity contribution in [3.8, 4) is 16.9 Å². The standard InChI is InChI=1S/C25H26F2N4O4/c26-24(27)35-21-9-5-16(6-10-21)18-12-28-25(29-13-18)30-19-7-3-17(4-8-19)22(15-32)23(34)31-11-1-2-20(33)14-31/h3-10,12-13,20,22,24,32-33H,1-2,11,14-15H2,(H,28,29,30)/t20-,22+/m1/s1. The van der Waals surface area contributed by atoms with Gasteiger partial charge < -0.3 is 25.2 Å². The van der Waals surface area contributed by atoms with Gasteiger partial charge in [-0.05, 0) is 48.2 Å². The van der Waals surface area contributed by atoms with Crippen LogP contribution in [0, 0.1) is 0 Å². The molecule has 0 aliphatic carbocycles. The van der Waals surface area contributed by atoms with Crippen molar-refractivity contribution < 1.29 is 28.5 Å². The highest BCUT2D eigenvalue weighted by Crippen LogP contribution is 2.25. The lowest BCUT2D eigenvalue weighted by Gasteiger charge is -2.32. The molecule has 35 heavy (non-hydrogen) atoms. The largest absolute Gasteiger partial charge is 0.435 e. The number of piperidine rings is 1. The average Bonchev–Trinajstić information content (AvgIpc) is 2.86. The van der Waals surface area contributed by atoms with Crippen LogP contribution in [-0.4, -0.2) is 63.4 Å². The number of nitrogens with one attached hydrogen (secondary N) is 1. The molecule has 0 radical (unpaired) electrons. The number of β-amino-alcohol motifs (C(OH)–C–C–N with tert-alkyl or cyclic N) is 1. The van der Waals surface area contributed by atoms with Crippen molar-refractivity contribution in [1.82, 2.24) is 14.9 Å². The zero-order valence-corrected chi connectivity index (χ0v) is 18.8. The highest BCUT2D eigenvalue weighted by atomic mass is 19.3. The van der Waals surface area contributed by atoms with Gasteiger partial charge >= 0.3 is 6.61 Å². The average molecular weight is 485 g/mol. The van der Waals surface area contributed by atoms with Crippen molar-refractivity contribution in [2.45, 2.75) is 31.5 Å². The first-order valence-electron chi connectivity index (χ1n) is 11.2. The summed E-state index contributed by atoms with van der Waals surface area (Å²) in [7, 11) is 0. The van der Waals surface area contributed by atoms with Crippen LogP contribution >= 0.6 is 0 Å². The number of hydrogen-bond donors (Lipinski definition) is 3. The number of halogens is 2. The molecule has 8 nitrogen and oxygen atoms in total. The molecular weight excluding hydrogens is 458 g/mol. The molecule has 0 bridgehead atoms. The van der Waals surface area contributed by atoms with Crippen LogP contribution in [-0.2, 0) is 4.79 Å². The molecule has 2 heterocycles. The first-order chi connectivity index (χ1) is 16.9. The van der Waals surface area contributed by atoms with Crippen molar-refractivity contribution in [3.63, 3.8) is 0 Å². The van der Waals surface area contributed by atoms with Crippen molar-refractivity contribution in [2.24, 2.45) is 0 Å². The summed E-state index contributed by atoms with van der Waals surface area (Å²) in [4.78, 5) is 23.0. The number of aromatic nitrogens is 2. The van der Waals surface area contributed by atoms with Gasteiger partial charge in [0, 0.05) is 36.7 Å². The van der Waals surface area contributed by atoms with Gasteiger partial charge in [0.15, 0.2) is 0 Å². The number of carbonyl (C=O) groups is 1. The highest BCUT2D eigenvalue weighted by molar-refractivity contribution is 5.84. The van der Waals surface area contributed by atoms with Crippen molar-refractivity contribution in [3.05, 3.63) is 66.5 Å². The SMILES string of the molecule is O=C([C@@H](CO)c1ccc(Nc2ncc(-c3ccc(OC(F)F)cc3)cn2)cc1)N1CCC[C@@H](O)C1. The lowest BCUT2D eigenvalue weighted by Crippen LogP contribution is -2.44. The van der Waals surface area contributed by atoms with Crippen LogP contribution in [0.15, 0.2) is 60.9 Å². The molecule has 1 aliphatic heterocycles. The normalized spacial score (nSPS) is 16.7. The van der Waals surface area contributed by atoms with E-state index >= 15 is 0 Å². The van der Waals surface area contributed by atoms with E-state index in [1.807, 2.05) is 0 Å². The number of hydrogen-bond acceptors (Lipinski definition) is 7. The molecule has 10 heteroatoms. The van der Waals surface area contributed by atoms with Crippen LogP contribution in [0.4, 0.5) is 20.4 Å². The third kappa shape index (κ3) is 6.28. The smallest absolute Gasteiger partial charge is 0.387 e. The van der Waals surface area contributed by atoms with Crippen LogP contribution in [0.3, 0.4) is 0 Å². The van der Waals surface area contributed by atoms with E-state index in [1.54, 1.807) is 53.7 Å². The number of benzene rings is 2. The summed E-state index contributed by atoms with van der Waals surface area (Å²) < 4.78 is 28.9. The first kappa shape index (κ1) is 24.5. The minimum atomic E-state index is -2.87. The number of amides is 1. The number of alkyl halides is 2. The molecule has 2 atom stereocenters. The van der Waals surface area contributed by atoms with Gasteiger partial charge in [-0.15, -0.1) is 0 Å². The fourth-order valence-electron chi connectivity index (χ4n) is 4.00. The summed E-state index contributed by atoms with van der Waals surface area (Å²) in [6, 6.07) is 13.3. The number of aliphatic hydroxyl groups is 2. The van der Waals surface area contributed by atoms with Gasteiger partial charge in [0.05, 0.1) is 18.6 Å². The van der Waals surface area contributed by atoms with E-state index in [1.165, 1.54) is 12.1 Å². The molecule has 0 spiro atoms. The Morgan fingerprint density at radius 3 is 2.37 bits per heavy atom. The van der Waals surface area contributed by atoms with E-state index in [0.29, 0.717) is 35.7 Å². The Kier molecular flexibility index (Phi) is 7.84. The van der Waals surface area contributed by atoms with Gasteiger partial charge in [0.25, 0.3) is 0 Å². The Morgan fingerprint density at radius 1 is 1.09 bits per heavy atom. The zero-order valence-electron chi connectivity index (χ0n) is 18.8. The maximum atomic E-state index is 12.8. The molecule has 1 fully saturated rings. The third-order valence-electron chi connectivity index (χ3n) is 5.82. The fourth-order valence-corrected chi connectivity index (χ4v) is 4.00. The molecule has 4 rings (SSSR count). The Morgan fingerprint density at radius 2 is 1.77 bits per heavy atom. The summed E-state index contributed by atoms with van der Waals surface area (Å²) in [5.74, 6) is -0.455. The monoisotopic (exact) mass is 484 g/mol. The number of anilines is 2. The fraction of sp³-hybridized carbons (Fsp3) is 0.320. The van der Waals surface area contributed by atoms with Gasteiger partial charge in [-0.25, -0.2) is 9.97 Å². The van der Waals surface area contributed by atoms with E-state index < -0.39 is 18.6 Å². The number of nitrogens with zero attached hydrogens (tertiary/aromatic N) is 3. The maximum Gasteiger partial charge on any atom is 0.387 e. The third-order valence-corrected chi connectivity index (χ3v) is 5.82. The van der Waals surface area contributed by atoms with Crippen LogP contribution < -0.4 is 10.1 Å². The lowest BCUT2D eigenvalue weighted by atomic mass is 9.96. The molecule has 3 aromatic rings. The first-order valence-corrected chi connectivity index (χ1v) is 11.2. The Balaban J connectivity index is 1.38. The van der Waals surface area contributed by atoms with Gasteiger partial charge in [0.2, 0.25) is 11.9 Å². The van der Waals surface area contributed by atoms with Gasteiger partial charge in [-0.3, -0.25) is 4.79 Å². The number of rotatable bonds is 8. The highest BCUT2D eigenvalue weighted by Gasteiger charge is 2.28. The minimum Gasteiger partial charge on any atom is -0.435 e. The molecule has 1 aliphatic rings. The van der Waals surface area contributed by atoms with E-state index in [4.69, 9.17) is 0 Å². The van der Waals surface area contributed by atoms with Crippen LogP contribution in [0.5, 0.6) is 5.75 Å². The van der Waals surface area contributed by atoms with Crippen molar-refractivity contribution >= 4 is 17.5 Å². The molecule has 1 aromatic heterocycles. The molecule has 1 amide bonds. The molecule has 3 N–H and O–H groups in total. The molecule has 1 saturated heterocycles. The van der Waals surface area contributed by atoms with Gasteiger partial charge in [0.1, 0.15) is 5.75 Å². The summed E-state index contributed by atoms with van der Waals surface area (Å²) in [5, 5.41) is 22.8. The predicted octanol–water partition coefficient (Wildman–Crippen LogP) is 3.55. The second kappa shape index (κ2) is 11.2. The van der Waals surface area contributed by atoms with Gasteiger partial charge in [-0.2, -0.15) is 8.78 Å². The number of likely N-dealkylation sites (tertiary alicyclic amines) is 1. The molecule has 0 unspecified atom stereocenters.